The summed E-state index contributed by atoms with van der Waals surface area (Å²) >= 11 is 2.35. The summed E-state index contributed by atoms with van der Waals surface area (Å²) in [5.41, 5.74) is 2.49. The van der Waals surface area contributed by atoms with Crippen LogP contribution in [-0.2, 0) is 10.1 Å². The van der Waals surface area contributed by atoms with Gasteiger partial charge in [0.1, 0.15) is 5.75 Å². The summed E-state index contributed by atoms with van der Waals surface area (Å²) < 4.78 is 34.0. The van der Waals surface area contributed by atoms with E-state index in [1.807, 2.05) is 12.1 Å². The number of hydrogen-bond acceptors (Lipinski definition) is 3. The van der Waals surface area contributed by atoms with Crippen molar-refractivity contribution in [3.05, 3.63) is 52.1 Å². The lowest BCUT2D eigenvalue weighted by molar-refractivity contribution is 0.415. The molecular weight excluding hydrogens is 415 g/mol. The van der Waals surface area contributed by atoms with Crippen LogP contribution in [0.3, 0.4) is 0 Å². The average molecular weight is 434 g/mol. The number of rotatable bonds is 4. The predicted octanol–water partition coefficient (Wildman–Crippen LogP) is 4.25. The summed E-state index contributed by atoms with van der Waals surface area (Å²) in [4.78, 5) is 0. The van der Waals surface area contributed by atoms with Crippen LogP contribution < -0.4 is 4.74 Å². The number of methoxy groups -OCH3 is 1. The second-order valence-electron chi connectivity index (χ2n) is 4.49. The van der Waals surface area contributed by atoms with Crippen LogP contribution in [0.1, 0.15) is 13.3 Å². The minimum absolute atomic E-state index is 0.132. The molecule has 120 valence electrons. The maximum Gasteiger partial charge on any atom is 0.264 e. The summed E-state index contributed by atoms with van der Waals surface area (Å²) in [5.74, 6) is 0.761. The van der Waals surface area contributed by atoms with Crippen molar-refractivity contribution in [3.63, 3.8) is 0 Å². The van der Waals surface area contributed by atoms with Gasteiger partial charge in [0.2, 0.25) is 0 Å². The van der Waals surface area contributed by atoms with Crippen molar-refractivity contribution >= 4 is 32.7 Å². The highest BCUT2D eigenvalue weighted by molar-refractivity contribution is 14.1. The van der Waals surface area contributed by atoms with E-state index in [0.717, 1.165) is 5.75 Å². The van der Waals surface area contributed by atoms with Crippen LogP contribution in [0.2, 0.25) is 0 Å². The topological polar surface area (TPSA) is 63.6 Å². The minimum atomic E-state index is -3.67. The van der Waals surface area contributed by atoms with Crippen LogP contribution in [0, 0.1) is 3.57 Å². The lowest BCUT2D eigenvalue weighted by Gasteiger charge is -2.05. The monoisotopic (exact) mass is 434 g/mol. The van der Waals surface area contributed by atoms with Gasteiger partial charge in [-0.3, -0.25) is 4.55 Å². The van der Waals surface area contributed by atoms with E-state index in [9.17, 15) is 8.42 Å². The molecule has 0 fully saturated rings. The summed E-state index contributed by atoms with van der Waals surface area (Å²) in [6.07, 6.45) is 0.471. The van der Waals surface area contributed by atoms with Crippen LogP contribution in [0.5, 0.6) is 5.75 Å². The molecule has 2 rings (SSSR count). The third kappa shape index (κ3) is 6.76. The van der Waals surface area contributed by atoms with E-state index in [0.29, 0.717) is 6.42 Å². The molecular formula is C16H19IO4S. The molecule has 2 aromatic rings. The molecule has 6 heteroatoms. The van der Waals surface area contributed by atoms with Crippen LogP contribution in [-0.4, -0.2) is 25.8 Å². The molecule has 0 saturated carbocycles. The molecule has 0 saturated heterocycles. The van der Waals surface area contributed by atoms with Gasteiger partial charge in [0, 0.05) is 3.57 Å². The predicted molar refractivity (Wildman–Crippen MR) is 97.9 cm³/mol. The second kappa shape index (κ2) is 9.12. The van der Waals surface area contributed by atoms with Gasteiger partial charge in [0.05, 0.1) is 12.9 Å². The summed E-state index contributed by atoms with van der Waals surface area (Å²) in [7, 11) is -1.99. The Morgan fingerprint density at radius 3 is 2.09 bits per heavy atom. The molecule has 0 aliphatic rings. The normalized spacial score (nSPS) is 10.5. The Morgan fingerprint density at radius 2 is 1.68 bits per heavy atom. The van der Waals surface area contributed by atoms with Crippen molar-refractivity contribution in [1.82, 2.24) is 0 Å². The van der Waals surface area contributed by atoms with Crippen LogP contribution in [0.15, 0.2) is 48.5 Å². The molecule has 0 atom stereocenters. The zero-order valence-corrected chi connectivity index (χ0v) is 15.5. The highest BCUT2D eigenvalue weighted by Gasteiger charge is 2.01. The molecule has 0 aromatic heterocycles. The molecule has 0 unspecified atom stereocenters. The molecule has 0 aliphatic carbocycles. The molecule has 1 N–H and O–H groups in total. The fraction of sp³-hybridized carbons (Fsp3) is 0.250. The van der Waals surface area contributed by atoms with E-state index in [4.69, 9.17) is 9.29 Å². The molecule has 0 amide bonds. The van der Waals surface area contributed by atoms with Gasteiger partial charge < -0.3 is 4.74 Å². The number of benzene rings is 2. The van der Waals surface area contributed by atoms with Crippen molar-refractivity contribution in [1.29, 1.82) is 0 Å². The van der Waals surface area contributed by atoms with Crippen molar-refractivity contribution in [3.8, 4) is 16.9 Å². The third-order valence-electron chi connectivity index (χ3n) is 2.74. The van der Waals surface area contributed by atoms with Crippen molar-refractivity contribution < 1.29 is 17.7 Å². The molecule has 4 nitrogen and oxygen atoms in total. The zero-order valence-electron chi connectivity index (χ0n) is 12.5. The molecule has 0 spiro atoms. The third-order valence-corrected chi connectivity index (χ3v) is 4.60. The summed E-state index contributed by atoms with van der Waals surface area (Å²) in [5, 5.41) is 0. The Kier molecular flexibility index (Phi) is 7.84. The molecule has 0 radical (unpaired) electrons. The molecule has 0 bridgehead atoms. The van der Waals surface area contributed by atoms with Gasteiger partial charge in [-0.1, -0.05) is 37.3 Å². The van der Waals surface area contributed by atoms with E-state index in [-0.39, 0.29) is 5.75 Å². The first-order valence-electron chi connectivity index (χ1n) is 6.71. The first-order chi connectivity index (χ1) is 10.4. The lowest BCUT2D eigenvalue weighted by atomic mass is 10.1. The SMILES string of the molecule is CCCS(=O)(=O)O.COc1ccc(-c2ccccc2I)cc1. The van der Waals surface area contributed by atoms with E-state index in [1.54, 1.807) is 14.0 Å². The maximum absolute atomic E-state index is 9.79. The van der Waals surface area contributed by atoms with E-state index >= 15 is 0 Å². The van der Waals surface area contributed by atoms with Gasteiger partial charge in [-0.2, -0.15) is 8.42 Å². The van der Waals surface area contributed by atoms with Gasteiger partial charge in [-0.15, -0.1) is 0 Å². The van der Waals surface area contributed by atoms with Crippen molar-refractivity contribution in [2.24, 2.45) is 0 Å². The molecule has 2 aromatic carbocycles. The highest BCUT2D eigenvalue weighted by atomic mass is 127. The fourth-order valence-electron chi connectivity index (χ4n) is 1.72. The summed E-state index contributed by atoms with van der Waals surface area (Å²) in [6, 6.07) is 16.5. The van der Waals surface area contributed by atoms with E-state index in [2.05, 4.69) is 59.0 Å². The van der Waals surface area contributed by atoms with Gasteiger partial charge in [-0.05, 0) is 58.3 Å². The number of halogens is 1. The smallest absolute Gasteiger partial charge is 0.264 e. The first kappa shape index (κ1) is 18.9. The Morgan fingerprint density at radius 1 is 1.09 bits per heavy atom. The average Bonchev–Trinajstić information content (AvgIpc) is 2.47. The van der Waals surface area contributed by atoms with Gasteiger partial charge in [0.25, 0.3) is 10.1 Å². The van der Waals surface area contributed by atoms with Crippen LogP contribution in [0.25, 0.3) is 11.1 Å². The van der Waals surface area contributed by atoms with Gasteiger partial charge >= 0.3 is 0 Å². The van der Waals surface area contributed by atoms with Crippen LogP contribution in [0.4, 0.5) is 0 Å². The molecule has 22 heavy (non-hydrogen) atoms. The Bertz CT molecular complexity index is 682. The van der Waals surface area contributed by atoms with Crippen LogP contribution >= 0.6 is 22.6 Å². The second-order valence-corrected chi connectivity index (χ2v) is 7.23. The summed E-state index contributed by atoms with van der Waals surface area (Å²) in [6.45, 7) is 1.69. The maximum atomic E-state index is 9.79. The van der Waals surface area contributed by atoms with E-state index in [1.165, 1.54) is 14.7 Å². The standard InChI is InChI=1S/C13H11IO.C3H8O3S/c1-15-11-8-6-10(7-9-11)12-4-2-3-5-13(12)14;1-2-3-7(4,5)6/h2-9H,1H3;2-3H2,1H3,(H,4,5,6). The Labute approximate surface area is 145 Å². The van der Waals surface area contributed by atoms with Gasteiger partial charge in [-0.25, -0.2) is 0 Å². The minimum Gasteiger partial charge on any atom is -0.497 e. The largest absolute Gasteiger partial charge is 0.497 e. The fourth-order valence-corrected chi connectivity index (χ4v) is 2.94. The Balaban J connectivity index is 0.000000295. The first-order valence-corrected chi connectivity index (χ1v) is 9.40. The quantitative estimate of drug-likeness (QED) is 0.578. The molecule has 0 aliphatic heterocycles. The zero-order chi connectivity index (χ0) is 16.6. The lowest BCUT2D eigenvalue weighted by Crippen LogP contribution is -2.01. The van der Waals surface area contributed by atoms with Gasteiger partial charge in [0.15, 0.2) is 0 Å². The Hall–Kier alpha value is -1.12. The molecule has 0 heterocycles. The number of hydrogen-bond donors (Lipinski definition) is 1. The highest BCUT2D eigenvalue weighted by Crippen LogP contribution is 2.26. The van der Waals surface area contributed by atoms with Crippen molar-refractivity contribution in [2.75, 3.05) is 12.9 Å². The van der Waals surface area contributed by atoms with Crippen molar-refractivity contribution in [2.45, 2.75) is 13.3 Å². The number of ether oxygens (including phenoxy) is 1. The van der Waals surface area contributed by atoms with E-state index < -0.39 is 10.1 Å².